The quantitative estimate of drug-likeness (QED) is 0.239. The van der Waals surface area contributed by atoms with Gasteiger partial charge in [0, 0.05) is 30.6 Å². The molecule has 3 aliphatic rings. The van der Waals surface area contributed by atoms with Crippen molar-refractivity contribution in [2.45, 2.75) is 48.1 Å². The second-order valence-corrected chi connectivity index (χ2v) is 11.3. The Bertz CT molecular complexity index is 1030. The molecule has 8 nitrogen and oxygen atoms in total. The molecule has 37 heavy (non-hydrogen) atoms. The van der Waals surface area contributed by atoms with Gasteiger partial charge in [-0.1, -0.05) is 12.2 Å². The summed E-state index contributed by atoms with van der Waals surface area (Å²) in [6.45, 7) is 8.24. The molecule has 1 spiro atoms. The first kappa shape index (κ1) is 27.3. The van der Waals surface area contributed by atoms with Gasteiger partial charge in [-0.05, 0) is 56.4 Å². The minimum absolute atomic E-state index is 0.0509. The Morgan fingerprint density at radius 3 is 2.65 bits per heavy atom. The van der Waals surface area contributed by atoms with E-state index in [1.807, 2.05) is 12.1 Å². The molecular weight excluding hydrogens is 492 g/mol. The number of thioether (sulfide) groups is 1. The van der Waals surface area contributed by atoms with Crippen molar-refractivity contribution in [1.82, 2.24) is 4.90 Å². The number of methoxy groups -OCH3 is 1. The van der Waals surface area contributed by atoms with Crippen LogP contribution in [0.15, 0.2) is 49.6 Å². The molecule has 1 aromatic carbocycles. The molecule has 0 aromatic heterocycles. The van der Waals surface area contributed by atoms with Crippen LogP contribution in [0.3, 0.4) is 0 Å². The summed E-state index contributed by atoms with van der Waals surface area (Å²) in [6, 6.07) is 6.46. The minimum Gasteiger partial charge on any atom is -0.497 e. The van der Waals surface area contributed by atoms with E-state index in [1.54, 1.807) is 53.0 Å². The third kappa shape index (κ3) is 4.91. The summed E-state index contributed by atoms with van der Waals surface area (Å²) < 4.78 is 10.2. The number of hydrogen-bond donors (Lipinski definition) is 1. The van der Waals surface area contributed by atoms with E-state index in [-0.39, 0.29) is 49.3 Å². The van der Waals surface area contributed by atoms with Gasteiger partial charge in [0.25, 0.3) is 5.91 Å². The number of anilines is 1. The van der Waals surface area contributed by atoms with Crippen LogP contribution in [-0.4, -0.2) is 77.2 Å². The number of nitrogens with zero attached hydrogens (tertiary/aromatic N) is 2. The Hall–Kier alpha value is -2.78. The Labute approximate surface area is 222 Å². The summed E-state index contributed by atoms with van der Waals surface area (Å²) in [5.41, 5.74) is 0.677. The second kappa shape index (κ2) is 11.7. The molecule has 1 aromatic rings. The maximum absolute atomic E-state index is 14.3. The molecule has 2 bridgehead atoms. The van der Waals surface area contributed by atoms with Crippen molar-refractivity contribution in [3.05, 3.63) is 49.6 Å². The number of carbonyl (C=O) groups excluding carboxylic acids is 3. The Morgan fingerprint density at radius 2 is 2.00 bits per heavy atom. The fourth-order valence-corrected chi connectivity index (χ4v) is 8.24. The summed E-state index contributed by atoms with van der Waals surface area (Å²) in [5.74, 6) is -1.26. The van der Waals surface area contributed by atoms with E-state index < -0.39 is 22.6 Å². The first-order valence-electron chi connectivity index (χ1n) is 12.9. The van der Waals surface area contributed by atoms with E-state index in [0.29, 0.717) is 30.7 Å². The average Bonchev–Trinajstić information content (AvgIpc) is 3.55. The van der Waals surface area contributed by atoms with Gasteiger partial charge in [-0.15, -0.1) is 24.9 Å². The smallest absolute Gasteiger partial charge is 0.310 e. The van der Waals surface area contributed by atoms with Gasteiger partial charge < -0.3 is 24.4 Å². The largest absolute Gasteiger partial charge is 0.497 e. The standard InChI is InChI=1S/C28H36N2O6S/c1-4-6-7-18-36-27(34)22-21-13-14-28(37-21)23(22)25(32)30(16-8-17-31)24(28)26(33)29(15-5-2)19-9-11-20(35-3)12-10-19/h4-5,9-12,21-24,31H,1-2,6-8,13-18H2,3H3/t21-,22+,23-,24?,28?/m0/s1. The highest BCUT2D eigenvalue weighted by Crippen LogP contribution is 2.66. The Kier molecular flexibility index (Phi) is 8.64. The normalized spacial score (nSPS) is 27.6. The third-order valence-electron chi connectivity index (χ3n) is 7.62. The number of benzene rings is 1. The number of likely N-dealkylation sites (tertiary alicyclic amines) is 1. The zero-order valence-corrected chi connectivity index (χ0v) is 22.2. The molecule has 3 saturated heterocycles. The number of fused-ring (bicyclic) bond motifs is 1. The van der Waals surface area contributed by atoms with Crippen molar-refractivity contribution in [1.29, 1.82) is 0 Å². The molecule has 0 aliphatic carbocycles. The number of allylic oxidation sites excluding steroid dienone is 1. The molecule has 5 atom stereocenters. The van der Waals surface area contributed by atoms with E-state index in [9.17, 15) is 19.5 Å². The molecule has 0 radical (unpaired) electrons. The van der Waals surface area contributed by atoms with Crippen molar-refractivity contribution in [3.8, 4) is 5.75 Å². The van der Waals surface area contributed by atoms with Crippen LogP contribution in [0.2, 0.25) is 0 Å². The minimum atomic E-state index is -0.743. The van der Waals surface area contributed by atoms with Crippen LogP contribution in [0, 0.1) is 11.8 Å². The topological polar surface area (TPSA) is 96.4 Å². The zero-order valence-electron chi connectivity index (χ0n) is 21.3. The molecule has 3 aliphatic heterocycles. The first-order valence-corrected chi connectivity index (χ1v) is 13.7. The molecule has 2 unspecified atom stereocenters. The predicted molar refractivity (Wildman–Crippen MR) is 143 cm³/mol. The number of carbonyl (C=O) groups is 3. The van der Waals surface area contributed by atoms with Crippen molar-refractivity contribution in [2.24, 2.45) is 11.8 Å². The molecule has 9 heteroatoms. The van der Waals surface area contributed by atoms with Crippen molar-refractivity contribution in [3.63, 3.8) is 0 Å². The number of aliphatic hydroxyl groups excluding tert-OH is 1. The van der Waals surface area contributed by atoms with Crippen molar-refractivity contribution < 1.29 is 29.0 Å². The SMILES string of the molecule is C=CCCCOC(=O)[C@@H]1[C@@H]2CCC3(S2)C(C(=O)N(CC=C)c2ccc(OC)cc2)N(CCCO)C(=O)[C@H]13. The lowest BCUT2D eigenvalue weighted by Gasteiger charge is -2.37. The lowest BCUT2D eigenvalue weighted by atomic mass is 9.71. The highest BCUT2D eigenvalue weighted by Gasteiger charge is 2.74. The fourth-order valence-electron chi connectivity index (χ4n) is 6.04. The van der Waals surface area contributed by atoms with E-state index in [4.69, 9.17) is 9.47 Å². The monoisotopic (exact) mass is 528 g/mol. The molecule has 1 N–H and O–H groups in total. The summed E-state index contributed by atoms with van der Waals surface area (Å²) in [4.78, 5) is 44.6. The zero-order chi connectivity index (χ0) is 26.6. The van der Waals surface area contributed by atoms with Crippen LogP contribution in [0.5, 0.6) is 5.75 Å². The molecule has 2 amide bonds. The highest BCUT2D eigenvalue weighted by molar-refractivity contribution is 8.02. The average molecular weight is 529 g/mol. The van der Waals surface area contributed by atoms with Gasteiger partial charge >= 0.3 is 5.97 Å². The van der Waals surface area contributed by atoms with Crippen LogP contribution < -0.4 is 9.64 Å². The summed E-state index contributed by atoms with van der Waals surface area (Å²) in [6.07, 6.45) is 6.66. The first-order chi connectivity index (χ1) is 17.9. The molecule has 0 saturated carbocycles. The summed E-state index contributed by atoms with van der Waals surface area (Å²) in [5, 5.41) is 9.48. The number of amides is 2. The van der Waals surface area contributed by atoms with E-state index in [0.717, 1.165) is 12.8 Å². The number of esters is 1. The van der Waals surface area contributed by atoms with Gasteiger partial charge in [0.15, 0.2) is 0 Å². The second-order valence-electron chi connectivity index (χ2n) is 9.70. The van der Waals surface area contributed by atoms with Gasteiger partial charge in [-0.3, -0.25) is 14.4 Å². The lowest BCUT2D eigenvalue weighted by molar-refractivity contribution is -0.154. The number of ether oxygens (including phenoxy) is 2. The Morgan fingerprint density at radius 1 is 1.24 bits per heavy atom. The fraction of sp³-hybridized carbons (Fsp3) is 0.536. The number of rotatable bonds is 13. The molecule has 3 heterocycles. The van der Waals surface area contributed by atoms with E-state index in [1.165, 1.54) is 0 Å². The molecule has 200 valence electrons. The van der Waals surface area contributed by atoms with Crippen LogP contribution in [0.25, 0.3) is 0 Å². The molecule has 3 fully saturated rings. The van der Waals surface area contributed by atoms with Gasteiger partial charge in [0.2, 0.25) is 5.91 Å². The van der Waals surface area contributed by atoms with Crippen molar-refractivity contribution >= 4 is 35.2 Å². The predicted octanol–water partition coefficient (Wildman–Crippen LogP) is 3.20. The summed E-state index contributed by atoms with van der Waals surface area (Å²) in [7, 11) is 1.58. The van der Waals surface area contributed by atoms with Crippen molar-refractivity contribution in [2.75, 3.05) is 38.3 Å². The number of unbranched alkanes of at least 4 members (excludes halogenated alkanes) is 1. The van der Waals surface area contributed by atoms with Gasteiger partial charge in [-0.2, -0.15) is 0 Å². The highest BCUT2D eigenvalue weighted by atomic mass is 32.2. The van der Waals surface area contributed by atoms with Gasteiger partial charge in [0.1, 0.15) is 11.8 Å². The molecular formula is C28H36N2O6S. The van der Waals surface area contributed by atoms with Crippen LogP contribution in [-0.2, 0) is 19.1 Å². The van der Waals surface area contributed by atoms with Crippen LogP contribution in [0.1, 0.15) is 32.1 Å². The third-order valence-corrected chi connectivity index (χ3v) is 9.57. The van der Waals surface area contributed by atoms with Crippen LogP contribution >= 0.6 is 11.8 Å². The maximum Gasteiger partial charge on any atom is 0.310 e. The number of aliphatic hydroxyl groups is 1. The van der Waals surface area contributed by atoms with E-state index in [2.05, 4.69) is 13.2 Å². The van der Waals surface area contributed by atoms with Gasteiger partial charge in [0.05, 0.1) is 30.3 Å². The van der Waals surface area contributed by atoms with Crippen LogP contribution in [0.4, 0.5) is 5.69 Å². The summed E-state index contributed by atoms with van der Waals surface area (Å²) >= 11 is 1.61. The van der Waals surface area contributed by atoms with E-state index >= 15 is 0 Å². The maximum atomic E-state index is 14.3. The Balaban J connectivity index is 1.67. The lowest BCUT2D eigenvalue weighted by Crippen LogP contribution is -2.55. The van der Waals surface area contributed by atoms with Gasteiger partial charge in [-0.25, -0.2) is 0 Å². The molecule has 4 rings (SSSR count). The number of hydrogen-bond acceptors (Lipinski definition) is 7.